The zero-order chi connectivity index (χ0) is 10.7. The van der Waals surface area contributed by atoms with Gasteiger partial charge in [-0.2, -0.15) is 0 Å². The Morgan fingerprint density at radius 3 is 2.13 bits per heavy atom. The summed E-state index contributed by atoms with van der Waals surface area (Å²) in [5, 5.41) is 0. The summed E-state index contributed by atoms with van der Waals surface area (Å²) in [7, 11) is 0. The van der Waals surface area contributed by atoms with Crippen molar-refractivity contribution in [3.05, 3.63) is 60.7 Å². The Morgan fingerprint density at radius 2 is 1.47 bits per heavy atom. The predicted molar refractivity (Wildman–Crippen MR) is 66.4 cm³/mol. The third kappa shape index (κ3) is 1.77. The fraction of sp³-hybridized carbons (Fsp3) is 0. The molecule has 15 heavy (non-hydrogen) atoms. The quantitative estimate of drug-likeness (QED) is 0.728. The molecule has 0 atom stereocenters. The molecule has 2 N–H and O–H groups in total. The number of hydrogen-bond acceptors (Lipinski definition) is 1. The van der Waals surface area contributed by atoms with Crippen molar-refractivity contribution in [3.63, 3.8) is 0 Å². The molecule has 0 fully saturated rings. The van der Waals surface area contributed by atoms with Crippen molar-refractivity contribution in [2.75, 3.05) is 5.73 Å². The van der Waals surface area contributed by atoms with Gasteiger partial charge in [-0.25, -0.2) is 0 Å². The summed E-state index contributed by atoms with van der Waals surface area (Å²) < 4.78 is 0. The molecule has 2 aromatic rings. The van der Waals surface area contributed by atoms with Gasteiger partial charge in [-0.05, 0) is 17.2 Å². The highest BCUT2D eigenvalue weighted by atomic mass is 14.6. The third-order valence-electron chi connectivity index (χ3n) is 2.43. The van der Waals surface area contributed by atoms with Crippen molar-refractivity contribution in [2.45, 2.75) is 0 Å². The van der Waals surface area contributed by atoms with Crippen LogP contribution >= 0.6 is 0 Å². The molecule has 0 saturated carbocycles. The minimum atomic E-state index is 0.798. The van der Waals surface area contributed by atoms with Crippen LogP contribution in [0.25, 0.3) is 17.2 Å². The van der Waals surface area contributed by atoms with E-state index in [9.17, 15) is 0 Å². The molecule has 0 saturated heterocycles. The average Bonchev–Trinajstić information content (AvgIpc) is 2.30. The van der Waals surface area contributed by atoms with Crippen molar-refractivity contribution in [1.29, 1.82) is 0 Å². The topological polar surface area (TPSA) is 26.0 Å². The Balaban J connectivity index is 2.64. The summed E-state index contributed by atoms with van der Waals surface area (Å²) in [6.45, 7) is 3.81. The maximum Gasteiger partial charge on any atom is 0.0393 e. The van der Waals surface area contributed by atoms with Crippen LogP contribution in [0, 0.1) is 0 Å². The highest BCUT2D eigenvalue weighted by Crippen LogP contribution is 2.28. The van der Waals surface area contributed by atoms with Crippen LogP contribution in [0.2, 0.25) is 0 Å². The third-order valence-corrected chi connectivity index (χ3v) is 2.43. The van der Waals surface area contributed by atoms with Gasteiger partial charge in [0.1, 0.15) is 0 Å². The first-order valence-corrected chi connectivity index (χ1v) is 4.89. The summed E-state index contributed by atoms with van der Waals surface area (Å²) in [6, 6.07) is 16.0. The van der Waals surface area contributed by atoms with E-state index in [1.54, 1.807) is 0 Å². The smallest absolute Gasteiger partial charge is 0.0393 e. The molecule has 0 unspecified atom stereocenters. The van der Waals surface area contributed by atoms with E-state index in [0.29, 0.717) is 0 Å². The lowest BCUT2D eigenvalue weighted by Crippen LogP contribution is -1.90. The molecule has 0 bridgehead atoms. The van der Waals surface area contributed by atoms with E-state index in [2.05, 4.69) is 12.6 Å². The second kappa shape index (κ2) is 4.01. The van der Waals surface area contributed by atoms with Crippen molar-refractivity contribution in [1.82, 2.24) is 0 Å². The molecular weight excluding hydrogens is 182 g/mol. The molecule has 74 valence electrons. The Bertz CT molecular complexity index is 486. The normalized spacial score (nSPS) is 9.87. The number of benzene rings is 2. The zero-order valence-electron chi connectivity index (χ0n) is 8.48. The van der Waals surface area contributed by atoms with Crippen LogP contribution in [-0.2, 0) is 0 Å². The van der Waals surface area contributed by atoms with Crippen LogP contribution in [0.1, 0.15) is 5.56 Å². The molecule has 0 heterocycles. The number of anilines is 1. The van der Waals surface area contributed by atoms with Crippen LogP contribution < -0.4 is 5.73 Å². The highest BCUT2D eigenvalue weighted by Gasteiger charge is 2.03. The largest absolute Gasteiger partial charge is 0.398 e. The van der Waals surface area contributed by atoms with Gasteiger partial charge in [-0.3, -0.25) is 0 Å². The molecule has 0 spiro atoms. The summed E-state index contributed by atoms with van der Waals surface area (Å²) in [5.41, 5.74) is 10.0. The second-order valence-electron chi connectivity index (χ2n) is 3.38. The van der Waals surface area contributed by atoms with Gasteiger partial charge in [-0.1, -0.05) is 55.1 Å². The van der Waals surface area contributed by atoms with E-state index in [0.717, 1.165) is 22.4 Å². The van der Waals surface area contributed by atoms with E-state index in [-0.39, 0.29) is 0 Å². The minimum absolute atomic E-state index is 0.798. The first-order chi connectivity index (χ1) is 7.33. The van der Waals surface area contributed by atoms with Gasteiger partial charge in [0.05, 0.1) is 0 Å². The van der Waals surface area contributed by atoms with Gasteiger partial charge in [0.25, 0.3) is 0 Å². The standard InChI is InChI=1S/C14H13N/c1-2-11-7-3-4-8-12(11)13-9-5-6-10-14(13)15/h2-10H,1,15H2. The van der Waals surface area contributed by atoms with Gasteiger partial charge in [-0.15, -0.1) is 0 Å². The molecule has 2 rings (SSSR count). The van der Waals surface area contributed by atoms with Crippen molar-refractivity contribution < 1.29 is 0 Å². The number of rotatable bonds is 2. The van der Waals surface area contributed by atoms with Gasteiger partial charge in [0, 0.05) is 11.3 Å². The van der Waals surface area contributed by atoms with Crippen molar-refractivity contribution in [2.24, 2.45) is 0 Å². The highest BCUT2D eigenvalue weighted by molar-refractivity contribution is 5.82. The summed E-state index contributed by atoms with van der Waals surface area (Å²) in [4.78, 5) is 0. The van der Waals surface area contributed by atoms with Crippen LogP contribution in [0.3, 0.4) is 0 Å². The first kappa shape index (κ1) is 9.53. The van der Waals surface area contributed by atoms with Crippen LogP contribution in [0.4, 0.5) is 5.69 Å². The van der Waals surface area contributed by atoms with Gasteiger partial charge in [0.15, 0.2) is 0 Å². The fourth-order valence-electron chi connectivity index (χ4n) is 1.66. The second-order valence-corrected chi connectivity index (χ2v) is 3.38. The van der Waals surface area contributed by atoms with Crippen molar-refractivity contribution >= 4 is 11.8 Å². The number of hydrogen-bond donors (Lipinski definition) is 1. The monoisotopic (exact) mass is 195 g/mol. The molecular formula is C14H13N. The molecule has 0 radical (unpaired) electrons. The van der Waals surface area contributed by atoms with Crippen molar-refractivity contribution in [3.8, 4) is 11.1 Å². The molecule has 0 aliphatic heterocycles. The Labute approximate surface area is 89.9 Å². The zero-order valence-corrected chi connectivity index (χ0v) is 8.48. The number of para-hydroxylation sites is 1. The van der Waals surface area contributed by atoms with Gasteiger partial charge < -0.3 is 5.73 Å². The fourth-order valence-corrected chi connectivity index (χ4v) is 1.66. The molecule has 1 nitrogen and oxygen atoms in total. The van der Waals surface area contributed by atoms with Crippen LogP contribution in [0.15, 0.2) is 55.1 Å². The maximum atomic E-state index is 5.94. The molecule has 1 heteroatoms. The maximum absolute atomic E-state index is 5.94. The van der Waals surface area contributed by atoms with E-state index in [1.807, 2.05) is 48.5 Å². The Morgan fingerprint density at radius 1 is 0.867 bits per heavy atom. The Hall–Kier alpha value is -2.02. The summed E-state index contributed by atoms with van der Waals surface area (Å²) >= 11 is 0. The molecule has 0 aromatic heterocycles. The van der Waals surface area contributed by atoms with E-state index < -0.39 is 0 Å². The molecule has 0 aliphatic carbocycles. The minimum Gasteiger partial charge on any atom is -0.398 e. The summed E-state index contributed by atoms with van der Waals surface area (Å²) in [5.74, 6) is 0. The van der Waals surface area contributed by atoms with E-state index >= 15 is 0 Å². The number of nitrogens with two attached hydrogens (primary N) is 1. The first-order valence-electron chi connectivity index (χ1n) is 4.89. The van der Waals surface area contributed by atoms with Crippen LogP contribution in [0.5, 0.6) is 0 Å². The van der Waals surface area contributed by atoms with Crippen LogP contribution in [-0.4, -0.2) is 0 Å². The average molecular weight is 195 g/mol. The molecule has 2 aromatic carbocycles. The SMILES string of the molecule is C=Cc1ccccc1-c1ccccc1N. The molecule has 0 aliphatic rings. The molecule has 0 amide bonds. The van der Waals surface area contributed by atoms with E-state index in [1.165, 1.54) is 0 Å². The lowest BCUT2D eigenvalue weighted by molar-refractivity contribution is 1.59. The summed E-state index contributed by atoms with van der Waals surface area (Å²) in [6.07, 6.45) is 1.85. The van der Waals surface area contributed by atoms with Gasteiger partial charge in [0.2, 0.25) is 0 Å². The predicted octanol–water partition coefficient (Wildman–Crippen LogP) is 3.58. The number of nitrogen functional groups attached to an aromatic ring is 1. The van der Waals surface area contributed by atoms with E-state index in [4.69, 9.17) is 5.73 Å². The lowest BCUT2D eigenvalue weighted by Gasteiger charge is -2.08. The lowest BCUT2D eigenvalue weighted by atomic mass is 9.98. The Kier molecular flexibility index (Phi) is 2.55. The van der Waals surface area contributed by atoms with Gasteiger partial charge >= 0.3 is 0 Å².